The highest BCUT2D eigenvalue weighted by Gasteiger charge is 2.13. The number of ether oxygens (including phenoxy) is 1. The first kappa shape index (κ1) is 15.1. The Balaban J connectivity index is 2.12. The van der Waals surface area contributed by atoms with Crippen molar-refractivity contribution >= 4 is 21.7 Å². The predicted octanol–water partition coefficient (Wildman–Crippen LogP) is 2.20. The smallest absolute Gasteiger partial charge is 0.309 e. The van der Waals surface area contributed by atoms with Crippen molar-refractivity contribution in [1.82, 2.24) is 0 Å². The van der Waals surface area contributed by atoms with Crippen molar-refractivity contribution in [3.8, 4) is 0 Å². The van der Waals surface area contributed by atoms with Crippen molar-refractivity contribution in [1.29, 1.82) is 0 Å². The van der Waals surface area contributed by atoms with Gasteiger partial charge in [0.1, 0.15) is 0 Å². The minimum Gasteiger partial charge on any atom is -0.469 e. The first-order valence-corrected chi connectivity index (χ1v) is 7.73. The molecule has 0 fully saturated rings. The van der Waals surface area contributed by atoms with Gasteiger partial charge in [0, 0.05) is 5.69 Å². The van der Waals surface area contributed by atoms with Crippen LogP contribution in [0.15, 0.2) is 59.5 Å². The average Bonchev–Trinajstić information content (AvgIpc) is 2.50. The van der Waals surface area contributed by atoms with E-state index in [1.54, 1.807) is 42.5 Å². The summed E-state index contributed by atoms with van der Waals surface area (Å²) in [5.74, 6) is -0.340. The number of hydrogen-bond acceptors (Lipinski definition) is 4. The lowest BCUT2D eigenvalue weighted by molar-refractivity contribution is -0.139. The fraction of sp³-hybridized carbons (Fsp3) is 0.133. The minimum atomic E-state index is -3.60. The van der Waals surface area contributed by atoms with Gasteiger partial charge >= 0.3 is 5.97 Å². The van der Waals surface area contributed by atoms with Crippen LogP contribution in [0.1, 0.15) is 5.56 Å². The Morgan fingerprint density at radius 2 is 1.67 bits per heavy atom. The molecule has 0 spiro atoms. The van der Waals surface area contributed by atoms with E-state index in [0.717, 1.165) is 5.56 Å². The van der Waals surface area contributed by atoms with Crippen molar-refractivity contribution < 1.29 is 17.9 Å². The van der Waals surface area contributed by atoms with E-state index in [9.17, 15) is 13.2 Å². The Hall–Kier alpha value is -2.34. The van der Waals surface area contributed by atoms with Crippen LogP contribution in [0, 0.1) is 0 Å². The van der Waals surface area contributed by atoms with Crippen LogP contribution in [0.4, 0.5) is 5.69 Å². The Morgan fingerprint density at radius 3 is 2.24 bits per heavy atom. The van der Waals surface area contributed by atoms with E-state index in [1.165, 1.54) is 19.2 Å². The third-order valence-electron chi connectivity index (χ3n) is 2.84. The number of rotatable bonds is 5. The summed E-state index contributed by atoms with van der Waals surface area (Å²) in [4.78, 5) is 11.3. The molecule has 0 unspecified atom stereocenters. The molecule has 0 saturated carbocycles. The van der Waals surface area contributed by atoms with Crippen molar-refractivity contribution in [2.45, 2.75) is 11.3 Å². The number of benzene rings is 2. The molecule has 0 amide bonds. The molecule has 0 aliphatic rings. The molecule has 0 saturated heterocycles. The van der Waals surface area contributed by atoms with Gasteiger partial charge in [0.15, 0.2) is 0 Å². The molecule has 6 heteroatoms. The molecule has 1 N–H and O–H groups in total. The lowest BCUT2D eigenvalue weighted by Crippen LogP contribution is -2.12. The second kappa shape index (κ2) is 6.41. The molecule has 2 aromatic carbocycles. The standard InChI is InChI=1S/C15H15NO4S/c1-20-15(17)11-12-7-9-13(10-8-12)16-21(18,19)14-5-3-2-4-6-14/h2-10,16H,11H2,1H3. The number of nitrogens with one attached hydrogen (secondary N) is 1. The summed E-state index contributed by atoms with van der Waals surface area (Å²) in [6, 6.07) is 14.7. The van der Waals surface area contributed by atoms with Crippen LogP contribution in [0.25, 0.3) is 0 Å². The Bertz CT molecular complexity index is 709. The maximum Gasteiger partial charge on any atom is 0.309 e. The second-order valence-electron chi connectivity index (χ2n) is 4.37. The zero-order valence-corrected chi connectivity index (χ0v) is 12.3. The third-order valence-corrected chi connectivity index (χ3v) is 4.23. The summed E-state index contributed by atoms with van der Waals surface area (Å²) in [7, 11) is -2.27. The summed E-state index contributed by atoms with van der Waals surface area (Å²) in [5.41, 5.74) is 1.19. The molecule has 2 aromatic rings. The van der Waals surface area contributed by atoms with Gasteiger partial charge < -0.3 is 4.74 Å². The number of anilines is 1. The van der Waals surface area contributed by atoms with E-state index in [1.807, 2.05) is 0 Å². The second-order valence-corrected chi connectivity index (χ2v) is 6.05. The Kier molecular flexibility index (Phi) is 4.59. The minimum absolute atomic E-state index is 0.155. The molecule has 0 aliphatic carbocycles. The van der Waals surface area contributed by atoms with Crippen LogP contribution in [-0.2, 0) is 26.0 Å². The van der Waals surface area contributed by atoms with E-state index >= 15 is 0 Å². The fourth-order valence-electron chi connectivity index (χ4n) is 1.74. The molecule has 2 rings (SSSR count). The fourth-order valence-corrected chi connectivity index (χ4v) is 2.82. The van der Waals surface area contributed by atoms with Gasteiger partial charge in [0.25, 0.3) is 10.0 Å². The Morgan fingerprint density at radius 1 is 1.05 bits per heavy atom. The number of methoxy groups -OCH3 is 1. The highest BCUT2D eigenvalue weighted by atomic mass is 32.2. The van der Waals surface area contributed by atoms with Gasteiger partial charge in [0.2, 0.25) is 0 Å². The van der Waals surface area contributed by atoms with Crippen LogP contribution in [0.5, 0.6) is 0 Å². The molecule has 21 heavy (non-hydrogen) atoms. The molecule has 0 aromatic heterocycles. The number of esters is 1. The number of hydrogen-bond donors (Lipinski definition) is 1. The third kappa shape index (κ3) is 4.06. The molecule has 0 aliphatic heterocycles. The van der Waals surface area contributed by atoms with Crippen LogP contribution in [0.3, 0.4) is 0 Å². The van der Waals surface area contributed by atoms with Gasteiger partial charge in [-0.05, 0) is 29.8 Å². The predicted molar refractivity (Wildman–Crippen MR) is 79.4 cm³/mol. The van der Waals surface area contributed by atoms with Gasteiger partial charge in [0.05, 0.1) is 18.4 Å². The molecule has 5 nitrogen and oxygen atoms in total. The normalized spacial score (nSPS) is 10.9. The zero-order valence-electron chi connectivity index (χ0n) is 11.4. The Labute approximate surface area is 123 Å². The van der Waals surface area contributed by atoms with E-state index in [-0.39, 0.29) is 17.3 Å². The van der Waals surface area contributed by atoms with E-state index in [0.29, 0.717) is 5.69 Å². The number of carbonyl (C=O) groups excluding carboxylic acids is 1. The largest absolute Gasteiger partial charge is 0.469 e. The van der Waals surface area contributed by atoms with Crippen molar-refractivity contribution in [2.75, 3.05) is 11.8 Å². The quantitative estimate of drug-likeness (QED) is 0.860. The molecule has 110 valence electrons. The highest BCUT2D eigenvalue weighted by molar-refractivity contribution is 7.92. The average molecular weight is 305 g/mol. The lowest BCUT2D eigenvalue weighted by Gasteiger charge is -2.08. The van der Waals surface area contributed by atoms with E-state index in [4.69, 9.17) is 0 Å². The highest BCUT2D eigenvalue weighted by Crippen LogP contribution is 2.16. The molecular weight excluding hydrogens is 290 g/mol. The van der Waals surface area contributed by atoms with Crippen LogP contribution in [-0.4, -0.2) is 21.5 Å². The summed E-state index contributed by atoms with van der Waals surface area (Å²) in [6.45, 7) is 0. The maximum atomic E-state index is 12.1. The zero-order chi connectivity index (χ0) is 15.3. The first-order valence-electron chi connectivity index (χ1n) is 6.25. The van der Waals surface area contributed by atoms with Crippen molar-refractivity contribution in [2.24, 2.45) is 0 Å². The first-order chi connectivity index (χ1) is 10.0. The molecule has 0 bridgehead atoms. The molecule has 0 radical (unpaired) electrons. The number of carbonyl (C=O) groups is 1. The lowest BCUT2D eigenvalue weighted by atomic mass is 10.1. The topological polar surface area (TPSA) is 72.5 Å². The van der Waals surface area contributed by atoms with Crippen LogP contribution in [0.2, 0.25) is 0 Å². The number of sulfonamides is 1. The van der Waals surface area contributed by atoms with E-state index < -0.39 is 10.0 Å². The van der Waals surface area contributed by atoms with Gasteiger partial charge in [-0.2, -0.15) is 0 Å². The van der Waals surface area contributed by atoms with Gasteiger partial charge in [-0.1, -0.05) is 30.3 Å². The van der Waals surface area contributed by atoms with E-state index in [2.05, 4.69) is 9.46 Å². The monoisotopic (exact) mass is 305 g/mol. The van der Waals surface area contributed by atoms with Crippen LogP contribution >= 0.6 is 0 Å². The molecular formula is C15H15NO4S. The van der Waals surface area contributed by atoms with Crippen molar-refractivity contribution in [3.05, 3.63) is 60.2 Å². The molecule has 0 heterocycles. The van der Waals surface area contributed by atoms with Crippen molar-refractivity contribution in [3.63, 3.8) is 0 Å². The van der Waals surface area contributed by atoms with Crippen LogP contribution < -0.4 is 4.72 Å². The SMILES string of the molecule is COC(=O)Cc1ccc(NS(=O)(=O)c2ccccc2)cc1. The van der Waals surface area contributed by atoms with Gasteiger partial charge in [-0.3, -0.25) is 9.52 Å². The summed E-state index contributed by atoms with van der Waals surface area (Å²) >= 11 is 0. The summed E-state index contributed by atoms with van der Waals surface area (Å²) in [5, 5.41) is 0. The van der Waals surface area contributed by atoms with Gasteiger partial charge in [-0.25, -0.2) is 8.42 Å². The maximum absolute atomic E-state index is 12.1. The summed E-state index contributed by atoms with van der Waals surface area (Å²) < 4.78 is 31.3. The molecule has 0 atom stereocenters. The van der Waals surface area contributed by atoms with Gasteiger partial charge in [-0.15, -0.1) is 0 Å². The summed E-state index contributed by atoms with van der Waals surface area (Å²) in [6.07, 6.45) is 0.155.